The van der Waals surface area contributed by atoms with Crippen LogP contribution in [0.3, 0.4) is 0 Å². The fourth-order valence-corrected chi connectivity index (χ4v) is 3.01. The fourth-order valence-electron chi connectivity index (χ4n) is 3.01. The highest BCUT2D eigenvalue weighted by Gasteiger charge is 2.34. The minimum absolute atomic E-state index is 0.120. The van der Waals surface area contributed by atoms with E-state index in [4.69, 9.17) is 8.83 Å². The third-order valence-corrected chi connectivity index (χ3v) is 4.25. The van der Waals surface area contributed by atoms with E-state index in [1.54, 1.807) is 18.2 Å². The van der Waals surface area contributed by atoms with Crippen LogP contribution in [0, 0.1) is 6.92 Å². The molecule has 0 fully saturated rings. The first-order valence-corrected chi connectivity index (χ1v) is 7.92. The number of benzene rings is 2. The van der Waals surface area contributed by atoms with Gasteiger partial charge in [-0.3, -0.25) is 0 Å². The Bertz CT molecular complexity index is 1310. The van der Waals surface area contributed by atoms with Gasteiger partial charge in [-0.1, -0.05) is 17.7 Å². The maximum Gasteiger partial charge on any atom is 0.417 e. The minimum atomic E-state index is -4.74. The van der Waals surface area contributed by atoms with Crippen LogP contribution in [0.25, 0.3) is 33.1 Å². The lowest BCUT2D eigenvalue weighted by Crippen LogP contribution is -2.11. The quantitative estimate of drug-likeness (QED) is 0.446. The van der Waals surface area contributed by atoms with Crippen molar-refractivity contribution in [3.05, 3.63) is 80.5 Å². The Morgan fingerprint density at radius 2 is 1.59 bits per heavy atom. The molecule has 2 aromatic carbocycles. The molecular formula is C20H11F3O4. The molecule has 136 valence electrons. The van der Waals surface area contributed by atoms with Gasteiger partial charge in [0.1, 0.15) is 11.2 Å². The van der Waals surface area contributed by atoms with Gasteiger partial charge in [0.2, 0.25) is 0 Å². The SMILES string of the molecule is Cc1ccc2oc(=O)c(-c3ccc4oc(=O)cc(C(F)(F)F)c4c3)cc2c1. The van der Waals surface area contributed by atoms with Gasteiger partial charge in [0.25, 0.3) is 0 Å². The molecule has 0 bridgehead atoms. The van der Waals surface area contributed by atoms with E-state index < -0.39 is 23.0 Å². The van der Waals surface area contributed by atoms with E-state index in [9.17, 15) is 22.8 Å². The zero-order valence-electron chi connectivity index (χ0n) is 13.9. The molecule has 0 N–H and O–H groups in total. The third-order valence-electron chi connectivity index (χ3n) is 4.25. The van der Waals surface area contributed by atoms with E-state index in [1.165, 1.54) is 18.2 Å². The van der Waals surface area contributed by atoms with Crippen LogP contribution in [-0.4, -0.2) is 0 Å². The Hall–Kier alpha value is -3.35. The van der Waals surface area contributed by atoms with Gasteiger partial charge in [-0.05, 0) is 42.8 Å². The van der Waals surface area contributed by atoms with Gasteiger partial charge in [0, 0.05) is 16.8 Å². The third kappa shape index (κ3) is 3.01. The molecule has 0 aliphatic carbocycles. The molecule has 7 heteroatoms. The molecule has 0 saturated heterocycles. The van der Waals surface area contributed by atoms with Crippen molar-refractivity contribution in [2.75, 3.05) is 0 Å². The average Bonchev–Trinajstić information content (AvgIpc) is 2.59. The van der Waals surface area contributed by atoms with Gasteiger partial charge >= 0.3 is 17.4 Å². The Morgan fingerprint density at radius 3 is 2.33 bits per heavy atom. The van der Waals surface area contributed by atoms with Crippen molar-refractivity contribution >= 4 is 21.9 Å². The Balaban J connectivity index is 2.01. The lowest BCUT2D eigenvalue weighted by atomic mass is 10.0. The highest BCUT2D eigenvalue weighted by molar-refractivity contribution is 5.88. The molecule has 0 unspecified atom stereocenters. The first-order valence-electron chi connectivity index (χ1n) is 7.92. The molecular weight excluding hydrogens is 361 g/mol. The first-order chi connectivity index (χ1) is 12.7. The van der Waals surface area contributed by atoms with Gasteiger partial charge in [-0.2, -0.15) is 13.2 Å². The Kier molecular flexibility index (Phi) is 3.69. The van der Waals surface area contributed by atoms with Crippen molar-refractivity contribution < 1.29 is 22.0 Å². The number of aryl methyl sites for hydroxylation is 1. The van der Waals surface area contributed by atoms with E-state index >= 15 is 0 Å². The molecule has 0 aliphatic rings. The summed E-state index contributed by atoms with van der Waals surface area (Å²) in [5.41, 5.74) is -1.40. The van der Waals surface area contributed by atoms with E-state index in [1.807, 2.05) is 13.0 Å². The molecule has 4 nitrogen and oxygen atoms in total. The average molecular weight is 372 g/mol. The summed E-state index contributed by atoms with van der Waals surface area (Å²) in [5, 5.41) is 0.351. The van der Waals surface area contributed by atoms with Crippen molar-refractivity contribution in [3.63, 3.8) is 0 Å². The van der Waals surface area contributed by atoms with Crippen LogP contribution in [-0.2, 0) is 6.18 Å². The van der Waals surface area contributed by atoms with E-state index in [2.05, 4.69) is 0 Å². The summed E-state index contributed by atoms with van der Waals surface area (Å²) < 4.78 is 50.0. The summed E-state index contributed by atoms with van der Waals surface area (Å²) in [6, 6.07) is 11.1. The highest BCUT2D eigenvalue weighted by atomic mass is 19.4. The summed E-state index contributed by atoms with van der Waals surface area (Å²) in [5.74, 6) is 0. The second kappa shape index (κ2) is 5.84. The first kappa shape index (κ1) is 17.1. The number of rotatable bonds is 1. The second-order valence-corrected chi connectivity index (χ2v) is 6.18. The second-order valence-electron chi connectivity index (χ2n) is 6.18. The largest absolute Gasteiger partial charge is 0.423 e. The fraction of sp³-hybridized carbons (Fsp3) is 0.100. The summed E-state index contributed by atoms with van der Waals surface area (Å²) in [6.07, 6.45) is -4.74. The van der Waals surface area contributed by atoms with Crippen LogP contribution >= 0.6 is 0 Å². The maximum atomic E-state index is 13.3. The lowest BCUT2D eigenvalue weighted by molar-refractivity contribution is -0.136. The normalized spacial score (nSPS) is 12.0. The lowest BCUT2D eigenvalue weighted by Gasteiger charge is -2.10. The zero-order chi connectivity index (χ0) is 19.3. The van der Waals surface area contributed by atoms with Crippen molar-refractivity contribution in [2.24, 2.45) is 0 Å². The van der Waals surface area contributed by atoms with Crippen LogP contribution in [0.4, 0.5) is 13.2 Å². The molecule has 0 aliphatic heterocycles. The van der Waals surface area contributed by atoms with Crippen LogP contribution in [0.5, 0.6) is 0 Å². The van der Waals surface area contributed by atoms with Crippen molar-refractivity contribution in [2.45, 2.75) is 13.1 Å². The van der Waals surface area contributed by atoms with E-state index in [0.717, 1.165) is 5.56 Å². The van der Waals surface area contributed by atoms with Crippen LogP contribution in [0.2, 0.25) is 0 Å². The summed E-state index contributed by atoms with van der Waals surface area (Å²) in [4.78, 5) is 23.7. The Labute approximate surface area is 149 Å². The molecule has 0 saturated carbocycles. The van der Waals surface area contributed by atoms with Crippen molar-refractivity contribution in [1.82, 2.24) is 0 Å². The van der Waals surface area contributed by atoms with Crippen molar-refractivity contribution in [1.29, 1.82) is 0 Å². The minimum Gasteiger partial charge on any atom is -0.423 e. The molecule has 0 spiro atoms. The molecule has 2 heterocycles. The molecule has 27 heavy (non-hydrogen) atoms. The molecule has 0 atom stereocenters. The molecule has 4 aromatic rings. The highest BCUT2D eigenvalue weighted by Crippen LogP contribution is 2.35. The predicted octanol–water partition coefficient (Wildman–Crippen LogP) is 4.89. The van der Waals surface area contributed by atoms with Gasteiger partial charge in [0.15, 0.2) is 0 Å². The monoisotopic (exact) mass is 372 g/mol. The predicted molar refractivity (Wildman–Crippen MR) is 93.7 cm³/mol. The number of fused-ring (bicyclic) bond motifs is 2. The van der Waals surface area contributed by atoms with Gasteiger partial charge < -0.3 is 8.83 Å². The Morgan fingerprint density at radius 1 is 0.852 bits per heavy atom. The number of alkyl halides is 3. The van der Waals surface area contributed by atoms with E-state index in [-0.39, 0.29) is 22.1 Å². The number of hydrogen-bond donors (Lipinski definition) is 0. The maximum absolute atomic E-state index is 13.3. The van der Waals surface area contributed by atoms with Crippen molar-refractivity contribution in [3.8, 4) is 11.1 Å². The van der Waals surface area contributed by atoms with Gasteiger partial charge in [-0.15, -0.1) is 0 Å². The smallest absolute Gasteiger partial charge is 0.417 e. The topological polar surface area (TPSA) is 60.4 Å². The number of hydrogen-bond acceptors (Lipinski definition) is 4. The van der Waals surface area contributed by atoms with Crippen LogP contribution in [0.1, 0.15) is 11.1 Å². The molecule has 0 radical (unpaired) electrons. The number of halogens is 3. The van der Waals surface area contributed by atoms with Gasteiger partial charge in [0.05, 0.1) is 11.1 Å². The zero-order valence-corrected chi connectivity index (χ0v) is 13.9. The summed E-state index contributed by atoms with van der Waals surface area (Å²) >= 11 is 0. The summed E-state index contributed by atoms with van der Waals surface area (Å²) in [6.45, 7) is 1.87. The van der Waals surface area contributed by atoms with Crippen LogP contribution < -0.4 is 11.3 Å². The molecule has 0 amide bonds. The van der Waals surface area contributed by atoms with Gasteiger partial charge in [-0.25, -0.2) is 9.59 Å². The van der Waals surface area contributed by atoms with Crippen LogP contribution in [0.15, 0.2) is 67.0 Å². The summed E-state index contributed by atoms with van der Waals surface area (Å²) in [7, 11) is 0. The van der Waals surface area contributed by atoms with E-state index in [0.29, 0.717) is 17.0 Å². The molecule has 4 rings (SSSR count). The standard InChI is InChI=1S/C20H11F3O4/c1-10-2-4-16-12(6-10)8-13(19(25)27-16)11-3-5-17-14(7-11)15(20(21,22)23)9-18(24)26-17/h2-9H,1H3. The molecule has 2 aromatic heterocycles.